The van der Waals surface area contributed by atoms with Crippen molar-refractivity contribution in [1.29, 1.82) is 0 Å². The third-order valence-corrected chi connectivity index (χ3v) is 9.20. The van der Waals surface area contributed by atoms with Crippen LogP contribution in [-0.2, 0) is 19.0 Å². The van der Waals surface area contributed by atoms with Gasteiger partial charge in [0, 0.05) is 26.7 Å². The number of ether oxygens (including phenoxy) is 3. The van der Waals surface area contributed by atoms with Crippen molar-refractivity contribution in [3.8, 4) is 0 Å². The summed E-state index contributed by atoms with van der Waals surface area (Å²) in [5.74, 6) is 2.84. The third kappa shape index (κ3) is 20.6. The van der Waals surface area contributed by atoms with Gasteiger partial charge >= 0.3 is 5.97 Å². The number of rotatable bonds is 26. The van der Waals surface area contributed by atoms with Gasteiger partial charge in [0.1, 0.15) is 19.0 Å². The van der Waals surface area contributed by atoms with Gasteiger partial charge in [0.2, 0.25) is 0 Å². The second-order valence-corrected chi connectivity index (χ2v) is 13.1. The lowest BCUT2D eigenvalue weighted by Gasteiger charge is -2.29. The summed E-state index contributed by atoms with van der Waals surface area (Å²) < 4.78 is 16.2. The highest BCUT2D eigenvalue weighted by Gasteiger charge is 2.21. The summed E-state index contributed by atoms with van der Waals surface area (Å²) in [4.78, 5) is 11.1. The van der Waals surface area contributed by atoms with Crippen LogP contribution < -0.4 is 0 Å². The summed E-state index contributed by atoms with van der Waals surface area (Å²) in [5, 5.41) is 9.53. The minimum absolute atomic E-state index is 0.142. The Kier molecular flexibility index (Phi) is 24.9. The highest BCUT2D eigenvalue weighted by molar-refractivity contribution is 5.65. The summed E-state index contributed by atoms with van der Waals surface area (Å²) in [6, 6.07) is 0. The molecule has 0 heterocycles. The first-order valence-corrected chi connectivity index (χ1v) is 18.4. The number of hydrogen-bond acceptors (Lipinski definition) is 5. The maximum atomic E-state index is 11.1. The molecule has 1 aliphatic rings. The van der Waals surface area contributed by atoms with Crippen LogP contribution in [0.4, 0.5) is 0 Å². The molecule has 0 radical (unpaired) electrons. The maximum Gasteiger partial charge on any atom is 0.302 e. The van der Waals surface area contributed by atoms with E-state index in [4.69, 9.17) is 14.2 Å². The Morgan fingerprint density at radius 1 is 0.826 bits per heavy atom. The molecule has 0 aromatic rings. The highest BCUT2D eigenvalue weighted by Crippen LogP contribution is 2.36. The molecule has 1 rings (SSSR count). The lowest BCUT2D eigenvalue weighted by atomic mass is 9.76. The van der Waals surface area contributed by atoms with Crippen LogP contribution in [0.1, 0.15) is 137 Å². The molecule has 0 aromatic heterocycles. The Balaban J connectivity index is 2.96. The molecule has 1 fully saturated rings. The monoisotopic (exact) mass is 641 g/mol. The summed E-state index contributed by atoms with van der Waals surface area (Å²) >= 11 is 0. The van der Waals surface area contributed by atoms with E-state index in [-0.39, 0.29) is 19.2 Å². The topological polar surface area (TPSA) is 65.0 Å². The fourth-order valence-corrected chi connectivity index (χ4v) is 6.28. The first-order valence-electron chi connectivity index (χ1n) is 18.4. The first-order chi connectivity index (χ1) is 22.4. The van der Waals surface area contributed by atoms with Gasteiger partial charge in [0.15, 0.2) is 0 Å². The van der Waals surface area contributed by atoms with Crippen LogP contribution in [0.3, 0.4) is 0 Å². The number of allylic oxidation sites excluding steroid dienone is 8. The van der Waals surface area contributed by atoms with Crippen LogP contribution in [0.5, 0.6) is 0 Å². The molecular formula is C41H68O5. The quantitative estimate of drug-likeness (QED) is 0.0441. The molecule has 5 nitrogen and oxygen atoms in total. The molecule has 0 amide bonds. The van der Waals surface area contributed by atoms with Crippen molar-refractivity contribution in [2.24, 2.45) is 17.8 Å². The predicted octanol–water partition coefficient (Wildman–Crippen LogP) is 11.7. The van der Waals surface area contributed by atoms with Gasteiger partial charge in [-0.25, -0.2) is 0 Å². The van der Waals surface area contributed by atoms with E-state index in [1.54, 1.807) is 7.11 Å². The lowest BCUT2D eigenvalue weighted by Crippen LogP contribution is -2.15. The molecule has 46 heavy (non-hydrogen) atoms. The van der Waals surface area contributed by atoms with Crippen LogP contribution >= 0.6 is 0 Å². The van der Waals surface area contributed by atoms with Crippen molar-refractivity contribution in [2.75, 3.05) is 26.9 Å². The number of hydrogen-bond donors (Lipinski definition) is 1. The van der Waals surface area contributed by atoms with Crippen LogP contribution in [0, 0.1) is 17.8 Å². The summed E-state index contributed by atoms with van der Waals surface area (Å²) in [6.07, 6.45) is 35.1. The van der Waals surface area contributed by atoms with Gasteiger partial charge in [-0.2, -0.15) is 0 Å². The Morgan fingerprint density at radius 2 is 1.52 bits per heavy atom. The van der Waals surface area contributed by atoms with Gasteiger partial charge in [-0.05, 0) is 60.7 Å². The number of aliphatic hydroxyl groups is 1. The average molecular weight is 641 g/mol. The minimum Gasteiger partial charge on any atom is -0.515 e. The smallest absolute Gasteiger partial charge is 0.302 e. The number of carbonyl (C=O) groups excluding carboxylic acids is 1. The summed E-state index contributed by atoms with van der Waals surface area (Å²) in [5.41, 5.74) is 3.06. The van der Waals surface area contributed by atoms with Gasteiger partial charge in [-0.1, -0.05) is 141 Å². The van der Waals surface area contributed by atoms with Crippen molar-refractivity contribution in [3.63, 3.8) is 0 Å². The second kappa shape index (κ2) is 27.6. The molecule has 1 atom stereocenters. The van der Waals surface area contributed by atoms with Crippen molar-refractivity contribution < 1.29 is 24.1 Å². The van der Waals surface area contributed by atoms with Crippen molar-refractivity contribution >= 4 is 5.97 Å². The SMILES string of the molecule is C=C(/C=C(\C=C/CCC(CCCC)CCC1CCC(CCCCC)CC1)C(/C=C(\C=C\O)OCCOC(C)=O)=C/CCOC)CC. The standard InChI is InChI=1S/C41H68O5/c1-7-10-12-17-37-22-25-38(26-23-37)24-21-36(16-11-8-2)18-13-14-19-39(32-34(4)9-3)40(20-15-29-44-6)33-41(27-28-42)46-31-30-45-35(5)43/h14,19-20,27-28,32-33,36-38,42H,4,7-13,15-18,21-26,29-31H2,1-3,5-6H3/b19-14-,28-27+,39-32+,40-20+,41-33+. The number of methoxy groups -OCH3 is 1. The number of esters is 1. The molecule has 262 valence electrons. The van der Waals surface area contributed by atoms with Crippen LogP contribution in [-0.4, -0.2) is 38.0 Å². The number of unbranched alkanes of at least 4 members (excludes halogenated alkanes) is 3. The van der Waals surface area contributed by atoms with E-state index in [0.29, 0.717) is 12.4 Å². The Bertz CT molecular complexity index is 961. The normalized spacial score (nSPS) is 18.8. The van der Waals surface area contributed by atoms with Crippen LogP contribution in [0.15, 0.2) is 71.8 Å². The van der Waals surface area contributed by atoms with E-state index in [2.05, 4.69) is 51.7 Å². The van der Waals surface area contributed by atoms with Gasteiger partial charge in [-0.3, -0.25) is 4.79 Å². The Hall–Kier alpha value is -2.53. The molecular weight excluding hydrogens is 572 g/mol. The predicted molar refractivity (Wildman–Crippen MR) is 195 cm³/mol. The van der Waals surface area contributed by atoms with Crippen molar-refractivity contribution in [1.82, 2.24) is 0 Å². The zero-order chi connectivity index (χ0) is 33.8. The van der Waals surface area contributed by atoms with E-state index >= 15 is 0 Å². The van der Waals surface area contributed by atoms with Crippen molar-refractivity contribution in [2.45, 2.75) is 137 Å². The zero-order valence-electron chi connectivity index (χ0n) is 30.2. The zero-order valence-corrected chi connectivity index (χ0v) is 30.2. The Morgan fingerprint density at radius 3 is 2.15 bits per heavy atom. The fourth-order valence-electron chi connectivity index (χ4n) is 6.28. The summed E-state index contributed by atoms with van der Waals surface area (Å²) in [6.45, 7) is 13.3. The van der Waals surface area contributed by atoms with E-state index in [1.165, 1.54) is 103 Å². The first kappa shape index (κ1) is 41.5. The molecule has 1 N–H and O–H groups in total. The van der Waals surface area contributed by atoms with E-state index < -0.39 is 0 Å². The third-order valence-electron chi connectivity index (χ3n) is 9.20. The lowest BCUT2D eigenvalue weighted by molar-refractivity contribution is -0.142. The highest BCUT2D eigenvalue weighted by atomic mass is 16.6. The van der Waals surface area contributed by atoms with E-state index in [9.17, 15) is 9.90 Å². The van der Waals surface area contributed by atoms with Gasteiger partial charge in [0.25, 0.3) is 0 Å². The molecule has 1 saturated carbocycles. The van der Waals surface area contributed by atoms with Crippen LogP contribution in [0.25, 0.3) is 0 Å². The molecule has 0 aliphatic heterocycles. The van der Waals surface area contributed by atoms with Gasteiger partial charge < -0.3 is 19.3 Å². The number of aliphatic hydroxyl groups excluding tert-OH is 1. The number of carbonyl (C=O) groups is 1. The summed E-state index contributed by atoms with van der Waals surface area (Å²) in [7, 11) is 1.70. The molecule has 0 saturated heterocycles. The molecule has 0 bridgehead atoms. The molecule has 5 heteroatoms. The second-order valence-electron chi connectivity index (χ2n) is 13.1. The van der Waals surface area contributed by atoms with E-state index in [0.717, 1.165) is 60.0 Å². The largest absolute Gasteiger partial charge is 0.515 e. The molecule has 1 unspecified atom stereocenters. The van der Waals surface area contributed by atoms with Gasteiger partial charge in [-0.15, -0.1) is 0 Å². The maximum absolute atomic E-state index is 11.1. The Labute approximate surface area is 282 Å². The van der Waals surface area contributed by atoms with Crippen molar-refractivity contribution in [3.05, 3.63) is 71.8 Å². The molecule has 0 spiro atoms. The minimum atomic E-state index is -0.349. The molecule has 0 aromatic carbocycles. The fraction of sp³-hybridized carbons (Fsp3) is 0.683. The van der Waals surface area contributed by atoms with Crippen LogP contribution in [0.2, 0.25) is 0 Å². The van der Waals surface area contributed by atoms with Gasteiger partial charge in [0.05, 0.1) is 6.26 Å². The van der Waals surface area contributed by atoms with E-state index in [1.807, 2.05) is 6.08 Å². The average Bonchev–Trinajstić information content (AvgIpc) is 3.05. The molecule has 1 aliphatic carbocycles.